The molecule has 0 unspecified atom stereocenters. The Balaban J connectivity index is 1.74. The molecular formula is C24H20FN5O2. The first-order chi connectivity index (χ1) is 15.5. The van der Waals surface area contributed by atoms with Crippen LogP contribution in [-0.4, -0.2) is 28.8 Å². The van der Waals surface area contributed by atoms with Crippen molar-refractivity contribution in [3.63, 3.8) is 0 Å². The van der Waals surface area contributed by atoms with Gasteiger partial charge in [0.2, 0.25) is 0 Å². The standard InChI is InChI=1S/C24H20FN5O2/c1-14-6-3-4-9-19(14)29-22-20(12-15(13-28-22)23(31)26-2)30-24(32)17-10-11-27-21-16(17)7-5-8-18(21)25/h3-13H,1-2H3,(H,26,31)(H,28,29)(H,30,32). The van der Waals surface area contributed by atoms with Gasteiger partial charge in [-0.1, -0.05) is 30.3 Å². The van der Waals surface area contributed by atoms with Crippen molar-refractivity contribution in [2.45, 2.75) is 6.92 Å². The lowest BCUT2D eigenvalue weighted by atomic mass is 10.1. The zero-order valence-electron chi connectivity index (χ0n) is 17.4. The molecule has 2 aromatic heterocycles. The smallest absolute Gasteiger partial charge is 0.256 e. The van der Waals surface area contributed by atoms with Crippen molar-refractivity contribution in [1.29, 1.82) is 0 Å². The van der Waals surface area contributed by atoms with Gasteiger partial charge in [-0.15, -0.1) is 0 Å². The number of aryl methyl sites for hydroxylation is 1. The van der Waals surface area contributed by atoms with E-state index in [0.717, 1.165) is 11.3 Å². The quantitative estimate of drug-likeness (QED) is 0.436. The van der Waals surface area contributed by atoms with E-state index in [1.165, 1.54) is 43.7 Å². The van der Waals surface area contributed by atoms with Gasteiger partial charge in [0.15, 0.2) is 5.82 Å². The van der Waals surface area contributed by atoms with E-state index in [2.05, 4.69) is 25.9 Å². The maximum Gasteiger partial charge on any atom is 0.256 e. The number of rotatable bonds is 5. The molecule has 2 aromatic carbocycles. The number of nitrogens with zero attached hydrogens (tertiary/aromatic N) is 2. The van der Waals surface area contributed by atoms with Crippen LogP contribution in [0, 0.1) is 12.7 Å². The second-order valence-electron chi connectivity index (χ2n) is 7.09. The second kappa shape index (κ2) is 8.81. The van der Waals surface area contributed by atoms with Gasteiger partial charge < -0.3 is 16.0 Å². The molecule has 0 aliphatic carbocycles. The second-order valence-corrected chi connectivity index (χ2v) is 7.09. The van der Waals surface area contributed by atoms with E-state index in [-0.39, 0.29) is 22.6 Å². The van der Waals surface area contributed by atoms with Gasteiger partial charge in [-0.25, -0.2) is 9.37 Å². The number of carbonyl (C=O) groups excluding carboxylic acids is 2. The molecule has 0 aliphatic heterocycles. The Kier molecular flexibility index (Phi) is 5.76. The Morgan fingerprint density at radius 1 is 0.938 bits per heavy atom. The van der Waals surface area contributed by atoms with Gasteiger partial charge in [0.1, 0.15) is 11.3 Å². The van der Waals surface area contributed by atoms with Gasteiger partial charge in [-0.3, -0.25) is 14.6 Å². The Morgan fingerprint density at radius 2 is 1.75 bits per heavy atom. The van der Waals surface area contributed by atoms with Crippen LogP contribution in [-0.2, 0) is 0 Å². The summed E-state index contributed by atoms with van der Waals surface area (Å²) in [5.41, 5.74) is 2.74. The fourth-order valence-electron chi connectivity index (χ4n) is 3.30. The number of benzene rings is 2. The summed E-state index contributed by atoms with van der Waals surface area (Å²) in [6.45, 7) is 1.94. The highest BCUT2D eigenvalue weighted by atomic mass is 19.1. The highest BCUT2D eigenvalue weighted by molar-refractivity contribution is 6.13. The van der Waals surface area contributed by atoms with Gasteiger partial charge in [0, 0.05) is 30.5 Å². The van der Waals surface area contributed by atoms with Crippen LogP contribution in [0.25, 0.3) is 10.9 Å². The van der Waals surface area contributed by atoms with Crippen LogP contribution in [0.2, 0.25) is 0 Å². The molecule has 0 saturated carbocycles. The average Bonchev–Trinajstić information content (AvgIpc) is 2.81. The maximum atomic E-state index is 14.1. The first-order valence-corrected chi connectivity index (χ1v) is 9.87. The summed E-state index contributed by atoms with van der Waals surface area (Å²) < 4.78 is 14.1. The minimum Gasteiger partial charge on any atom is -0.355 e. The van der Waals surface area contributed by atoms with Crippen LogP contribution in [0.3, 0.4) is 0 Å². The van der Waals surface area contributed by atoms with Gasteiger partial charge in [-0.2, -0.15) is 0 Å². The third-order valence-electron chi connectivity index (χ3n) is 4.99. The van der Waals surface area contributed by atoms with Crippen LogP contribution in [0.15, 0.2) is 67.0 Å². The Hall–Kier alpha value is -4.33. The van der Waals surface area contributed by atoms with Crippen molar-refractivity contribution in [3.8, 4) is 0 Å². The Labute approximate surface area is 183 Å². The van der Waals surface area contributed by atoms with E-state index in [4.69, 9.17) is 0 Å². The fraction of sp³-hybridized carbons (Fsp3) is 0.0833. The summed E-state index contributed by atoms with van der Waals surface area (Å²) in [6.07, 6.45) is 2.80. The molecule has 3 N–H and O–H groups in total. The maximum absolute atomic E-state index is 14.1. The number of para-hydroxylation sites is 2. The van der Waals surface area contributed by atoms with Crippen LogP contribution in [0.4, 0.5) is 21.6 Å². The van der Waals surface area contributed by atoms with Gasteiger partial charge in [0.25, 0.3) is 11.8 Å². The van der Waals surface area contributed by atoms with E-state index in [1.54, 1.807) is 6.07 Å². The number of anilines is 3. The third-order valence-corrected chi connectivity index (χ3v) is 4.99. The molecule has 2 heterocycles. The normalized spacial score (nSPS) is 10.6. The molecule has 32 heavy (non-hydrogen) atoms. The predicted molar refractivity (Wildman–Crippen MR) is 122 cm³/mol. The molecule has 0 radical (unpaired) electrons. The summed E-state index contributed by atoms with van der Waals surface area (Å²) in [5.74, 6) is -0.967. The van der Waals surface area contributed by atoms with Gasteiger partial charge in [-0.05, 0) is 36.8 Å². The van der Waals surface area contributed by atoms with E-state index in [9.17, 15) is 14.0 Å². The summed E-state index contributed by atoms with van der Waals surface area (Å²) in [6, 6.07) is 15.1. The largest absolute Gasteiger partial charge is 0.355 e. The van der Waals surface area contributed by atoms with Gasteiger partial charge in [0.05, 0.1) is 16.8 Å². The number of amides is 2. The Bertz CT molecular complexity index is 1340. The number of hydrogen-bond donors (Lipinski definition) is 3. The number of pyridine rings is 2. The molecule has 8 heteroatoms. The van der Waals surface area contributed by atoms with Gasteiger partial charge >= 0.3 is 0 Å². The molecular weight excluding hydrogens is 409 g/mol. The highest BCUT2D eigenvalue weighted by Crippen LogP contribution is 2.28. The lowest BCUT2D eigenvalue weighted by molar-refractivity contribution is 0.0961. The fourth-order valence-corrected chi connectivity index (χ4v) is 3.30. The molecule has 4 rings (SSSR count). The van der Waals surface area contributed by atoms with Crippen molar-refractivity contribution in [2.24, 2.45) is 0 Å². The molecule has 0 fully saturated rings. The van der Waals surface area contributed by atoms with E-state index >= 15 is 0 Å². The van der Waals surface area contributed by atoms with Crippen LogP contribution in [0.1, 0.15) is 26.3 Å². The summed E-state index contributed by atoms with van der Waals surface area (Å²) in [4.78, 5) is 33.6. The van der Waals surface area contributed by atoms with Crippen LogP contribution >= 0.6 is 0 Å². The van der Waals surface area contributed by atoms with Crippen LogP contribution < -0.4 is 16.0 Å². The summed E-state index contributed by atoms with van der Waals surface area (Å²) >= 11 is 0. The minimum atomic E-state index is -0.512. The number of aromatic nitrogens is 2. The molecule has 4 aromatic rings. The van der Waals surface area contributed by atoms with Crippen molar-refractivity contribution < 1.29 is 14.0 Å². The summed E-state index contributed by atoms with van der Waals surface area (Å²) in [7, 11) is 1.51. The lowest BCUT2D eigenvalue weighted by Gasteiger charge is -2.15. The zero-order valence-corrected chi connectivity index (χ0v) is 17.4. The van der Waals surface area contributed by atoms with E-state index in [1.807, 2.05) is 31.2 Å². The highest BCUT2D eigenvalue weighted by Gasteiger charge is 2.17. The lowest BCUT2D eigenvalue weighted by Crippen LogP contribution is -2.20. The molecule has 0 bridgehead atoms. The SMILES string of the molecule is CNC(=O)c1cnc(Nc2ccccc2C)c(NC(=O)c2ccnc3c(F)cccc23)c1. The van der Waals surface area contributed by atoms with Crippen LogP contribution in [0.5, 0.6) is 0 Å². The number of nitrogens with one attached hydrogen (secondary N) is 3. The van der Waals surface area contributed by atoms with Crippen molar-refractivity contribution in [1.82, 2.24) is 15.3 Å². The topological polar surface area (TPSA) is 96.0 Å². The number of halogens is 1. The molecule has 0 atom stereocenters. The van der Waals surface area contributed by atoms with E-state index in [0.29, 0.717) is 16.9 Å². The van der Waals surface area contributed by atoms with E-state index < -0.39 is 11.7 Å². The molecule has 7 nitrogen and oxygen atoms in total. The number of fused-ring (bicyclic) bond motifs is 1. The summed E-state index contributed by atoms with van der Waals surface area (Å²) in [5, 5.41) is 8.92. The average molecular weight is 429 g/mol. The monoisotopic (exact) mass is 429 g/mol. The number of carbonyl (C=O) groups is 2. The van der Waals surface area contributed by atoms with Crippen molar-refractivity contribution in [2.75, 3.05) is 17.7 Å². The third kappa shape index (κ3) is 4.11. The Morgan fingerprint density at radius 3 is 2.53 bits per heavy atom. The predicted octanol–water partition coefficient (Wildman–Crippen LogP) is 4.43. The molecule has 0 spiro atoms. The molecule has 2 amide bonds. The first-order valence-electron chi connectivity index (χ1n) is 9.87. The first kappa shape index (κ1) is 20.9. The molecule has 0 saturated heterocycles. The molecule has 0 aliphatic rings. The van der Waals surface area contributed by atoms with Crippen molar-refractivity contribution in [3.05, 3.63) is 89.5 Å². The zero-order chi connectivity index (χ0) is 22.7. The number of hydrogen-bond acceptors (Lipinski definition) is 5. The minimum absolute atomic E-state index is 0.107. The molecule has 160 valence electrons. The van der Waals surface area contributed by atoms with Crippen molar-refractivity contribution >= 4 is 39.9 Å².